The van der Waals surface area contributed by atoms with Gasteiger partial charge in [0.25, 0.3) is 0 Å². The molecule has 0 bridgehead atoms. The number of carbonyl (C=O) groups is 1. The summed E-state index contributed by atoms with van der Waals surface area (Å²) in [7, 11) is 1.62. The number of halogens is 1. The second-order valence-corrected chi connectivity index (χ2v) is 5.27. The fourth-order valence-corrected chi connectivity index (χ4v) is 2.60. The van der Waals surface area contributed by atoms with Gasteiger partial charge in [0.15, 0.2) is 0 Å². The number of likely N-dealkylation sites (N-methyl/N-ethyl adjacent to an activating group) is 1. The van der Waals surface area contributed by atoms with E-state index in [2.05, 4.69) is 10.2 Å². The minimum absolute atomic E-state index is 0.0936. The van der Waals surface area contributed by atoms with Crippen molar-refractivity contribution in [3.63, 3.8) is 0 Å². The van der Waals surface area contributed by atoms with E-state index in [0.717, 1.165) is 17.9 Å². The molecule has 1 amide bonds. The van der Waals surface area contributed by atoms with Crippen LogP contribution in [0.15, 0.2) is 18.2 Å². The van der Waals surface area contributed by atoms with Gasteiger partial charge in [-0.1, -0.05) is 17.7 Å². The van der Waals surface area contributed by atoms with Crippen molar-refractivity contribution in [2.45, 2.75) is 19.6 Å². The van der Waals surface area contributed by atoms with E-state index in [0.29, 0.717) is 31.3 Å². The second-order valence-electron chi connectivity index (χ2n) is 4.86. The number of rotatable bonds is 5. The lowest BCUT2D eigenvalue weighted by atomic mass is 10.1. The summed E-state index contributed by atoms with van der Waals surface area (Å²) in [4.78, 5) is 13.8. The second kappa shape index (κ2) is 7.64. The molecule has 0 aromatic heterocycles. The molecule has 116 valence electrons. The fourth-order valence-electron chi connectivity index (χ4n) is 2.37. The van der Waals surface area contributed by atoms with Gasteiger partial charge in [-0.3, -0.25) is 9.69 Å². The number of hydrogen-bond acceptors (Lipinski definition) is 4. The van der Waals surface area contributed by atoms with Crippen molar-refractivity contribution in [1.29, 1.82) is 0 Å². The zero-order chi connectivity index (χ0) is 15.2. The zero-order valence-corrected chi connectivity index (χ0v) is 13.2. The van der Waals surface area contributed by atoms with E-state index in [4.69, 9.17) is 21.1 Å². The van der Waals surface area contributed by atoms with Gasteiger partial charge in [0.05, 0.1) is 13.2 Å². The van der Waals surface area contributed by atoms with Crippen LogP contribution in [0.1, 0.15) is 12.5 Å². The topological polar surface area (TPSA) is 50.8 Å². The van der Waals surface area contributed by atoms with E-state index >= 15 is 0 Å². The van der Waals surface area contributed by atoms with E-state index in [1.165, 1.54) is 0 Å². The SMILES string of the molecule is CCOc1cccc(Cl)c1CN1CCOC(C(=O)NC)C1. The van der Waals surface area contributed by atoms with Gasteiger partial charge in [-0.15, -0.1) is 0 Å². The minimum Gasteiger partial charge on any atom is -0.493 e. The summed E-state index contributed by atoms with van der Waals surface area (Å²) in [5.41, 5.74) is 0.957. The first-order valence-electron chi connectivity index (χ1n) is 7.11. The van der Waals surface area contributed by atoms with Gasteiger partial charge in [0.1, 0.15) is 11.9 Å². The van der Waals surface area contributed by atoms with Crippen LogP contribution in [0.5, 0.6) is 5.75 Å². The third-order valence-corrected chi connectivity index (χ3v) is 3.80. The van der Waals surface area contributed by atoms with Crippen LogP contribution in [-0.4, -0.2) is 50.3 Å². The number of benzene rings is 1. The number of nitrogens with zero attached hydrogens (tertiary/aromatic N) is 1. The Balaban J connectivity index is 2.09. The van der Waals surface area contributed by atoms with Crippen LogP contribution in [0.2, 0.25) is 5.02 Å². The molecule has 1 atom stereocenters. The molecule has 21 heavy (non-hydrogen) atoms. The highest BCUT2D eigenvalue weighted by molar-refractivity contribution is 6.31. The number of carbonyl (C=O) groups excluding carboxylic acids is 1. The molecule has 1 aliphatic rings. The van der Waals surface area contributed by atoms with Crippen LogP contribution in [0, 0.1) is 0 Å². The van der Waals surface area contributed by atoms with Crippen LogP contribution < -0.4 is 10.1 Å². The van der Waals surface area contributed by atoms with E-state index in [-0.39, 0.29) is 5.91 Å². The van der Waals surface area contributed by atoms with E-state index < -0.39 is 6.10 Å². The standard InChI is InChI=1S/C15H21ClN2O3/c1-3-20-13-6-4-5-12(16)11(13)9-18-7-8-21-14(10-18)15(19)17-2/h4-6,14H,3,7-10H2,1-2H3,(H,17,19). The molecule has 2 rings (SSSR count). The summed E-state index contributed by atoms with van der Waals surface area (Å²) in [5.74, 6) is 0.705. The predicted octanol–water partition coefficient (Wildman–Crippen LogP) is 1.69. The van der Waals surface area contributed by atoms with Crippen molar-refractivity contribution < 1.29 is 14.3 Å². The average Bonchev–Trinajstić information content (AvgIpc) is 2.50. The van der Waals surface area contributed by atoms with Crippen molar-refractivity contribution in [3.8, 4) is 5.75 Å². The van der Waals surface area contributed by atoms with Crippen LogP contribution in [0.3, 0.4) is 0 Å². The Hall–Kier alpha value is -1.30. The van der Waals surface area contributed by atoms with Gasteiger partial charge in [-0.25, -0.2) is 0 Å². The Labute approximate surface area is 130 Å². The first-order chi connectivity index (χ1) is 10.2. The van der Waals surface area contributed by atoms with Crippen molar-refractivity contribution in [2.24, 2.45) is 0 Å². The third kappa shape index (κ3) is 4.09. The third-order valence-electron chi connectivity index (χ3n) is 3.45. The zero-order valence-electron chi connectivity index (χ0n) is 12.4. The summed E-state index contributed by atoms with van der Waals surface area (Å²) in [6.07, 6.45) is -0.429. The van der Waals surface area contributed by atoms with Crippen LogP contribution >= 0.6 is 11.6 Å². The molecule has 5 nitrogen and oxygen atoms in total. The molecule has 1 aromatic rings. The molecule has 1 fully saturated rings. The molecule has 1 aromatic carbocycles. The number of ether oxygens (including phenoxy) is 2. The highest BCUT2D eigenvalue weighted by Crippen LogP contribution is 2.28. The maximum Gasteiger partial charge on any atom is 0.250 e. The Morgan fingerprint density at radius 1 is 1.57 bits per heavy atom. The molecule has 1 saturated heterocycles. The van der Waals surface area contributed by atoms with E-state index in [1.807, 2.05) is 25.1 Å². The number of nitrogens with one attached hydrogen (secondary N) is 1. The molecule has 1 unspecified atom stereocenters. The van der Waals surface area contributed by atoms with Crippen LogP contribution in [-0.2, 0) is 16.1 Å². The molecular formula is C15H21ClN2O3. The van der Waals surface area contributed by atoms with Gasteiger partial charge in [-0.2, -0.15) is 0 Å². The van der Waals surface area contributed by atoms with Gasteiger partial charge >= 0.3 is 0 Å². The van der Waals surface area contributed by atoms with Gasteiger partial charge in [-0.05, 0) is 19.1 Å². The molecule has 0 radical (unpaired) electrons. The van der Waals surface area contributed by atoms with Crippen LogP contribution in [0.25, 0.3) is 0 Å². The normalized spacial score (nSPS) is 19.3. The minimum atomic E-state index is -0.429. The number of amides is 1. The highest BCUT2D eigenvalue weighted by atomic mass is 35.5. The first-order valence-corrected chi connectivity index (χ1v) is 7.49. The van der Waals surface area contributed by atoms with Gasteiger partial charge in [0.2, 0.25) is 5.91 Å². The summed E-state index contributed by atoms with van der Waals surface area (Å²) in [6, 6.07) is 5.65. The Bertz CT molecular complexity index is 496. The van der Waals surface area contributed by atoms with Crippen molar-refractivity contribution in [1.82, 2.24) is 10.2 Å². The van der Waals surface area contributed by atoms with Gasteiger partial charge < -0.3 is 14.8 Å². The maximum atomic E-state index is 11.7. The highest BCUT2D eigenvalue weighted by Gasteiger charge is 2.26. The largest absolute Gasteiger partial charge is 0.493 e. The van der Waals surface area contributed by atoms with Crippen molar-refractivity contribution >= 4 is 17.5 Å². The molecule has 0 saturated carbocycles. The Kier molecular flexibility index (Phi) is 5.85. The average molecular weight is 313 g/mol. The predicted molar refractivity (Wildman–Crippen MR) is 81.7 cm³/mol. The lowest BCUT2D eigenvalue weighted by molar-refractivity contribution is -0.138. The van der Waals surface area contributed by atoms with E-state index in [9.17, 15) is 4.79 Å². The summed E-state index contributed by atoms with van der Waals surface area (Å²) >= 11 is 6.29. The molecule has 1 heterocycles. The lowest BCUT2D eigenvalue weighted by Crippen LogP contribution is -2.48. The van der Waals surface area contributed by atoms with Gasteiger partial charge in [0, 0.05) is 37.3 Å². The summed E-state index contributed by atoms with van der Waals surface area (Å²) in [5, 5.41) is 3.31. The summed E-state index contributed by atoms with van der Waals surface area (Å²) in [6.45, 7) is 5.04. The molecule has 1 aliphatic heterocycles. The summed E-state index contributed by atoms with van der Waals surface area (Å²) < 4.78 is 11.1. The first kappa shape index (κ1) is 16.1. The maximum absolute atomic E-state index is 11.7. The number of morpholine rings is 1. The quantitative estimate of drug-likeness (QED) is 0.899. The van der Waals surface area contributed by atoms with Crippen molar-refractivity contribution in [3.05, 3.63) is 28.8 Å². The molecule has 0 spiro atoms. The fraction of sp³-hybridized carbons (Fsp3) is 0.533. The molecule has 6 heteroatoms. The molecule has 0 aliphatic carbocycles. The Morgan fingerprint density at radius 2 is 2.38 bits per heavy atom. The van der Waals surface area contributed by atoms with E-state index in [1.54, 1.807) is 7.05 Å². The monoisotopic (exact) mass is 312 g/mol. The number of hydrogen-bond donors (Lipinski definition) is 1. The molecular weight excluding hydrogens is 292 g/mol. The Morgan fingerprint density at radius 3 is 3.10 bits per heavy atom. The van der Waals surface area contributed by atoms with Crippen molar-refractivity contribution in [2.75, 3.05) is 33.4 Å². The lowest BCUT2D eigenvalue weighted by Gasteiger charge is -2.32. The smallest absolute Gasteiger partial charge is 0.250 e. The van der Waals surface area contributed by atoms with Crippen LogP contribution in [0.4, 0.5) is 0 Å². The molecule has 1 N–H and O–H groups in total.